The predicted molar refractivity (Wildman–Crippen MR) is 160 cm³/mol. The van der Waals surface area contributed by atoms with E-state index in [1.807, 2.05) is 30.3 Å². The third-order valence-corrected chi connectivity index (χ3v) is 5.84. The number of carbonyl (C=O) groups is 4. The number of hydrogen-bond acceptors (Lipinski definition) is 7. The molecule has 0 radical (unpaired) electrons. The quantitative estimate of drug-likeness (QED) is 0.265. The maximum Gasteiger partial charge on any atom is 0.408 e. The van der Waals surface area contributed by atoms with Gasteiger partial charge in [-0.2, -0.15) is 0 Å². The van der Waals surface area contributed by atoms with Crippen LogP contribution in [0.1, 0.15) is 64.3 Å². The summed E-state index contributed by atoms with van der Waals surface area (Å²) in [7, 11) is 0. The predicted octanol–water partition coefficient (Wildman–Crippen LogP) is 4.35. The van der Waals surface area contributed by atoms with E-state index in [1.165, 1.54) is 17.0 Å². The van der Waals surface area contributed by atoms with Crippen molar-refractivity contribution in [2.75, 3.05) is 13.1 Å². The number of hydrogen-bond donors (Lipinski definition) is 3. The van der Waals surface area contributed by atoms with Crippen LogP contribution in [-0.2, 0) is 30.3 Å². The van der Waals surface area contributed by atoms with E-state index in [0.717, 1.165) is 5.56 Å². The van der Waals surface area contributed by atoms with Gasteiger partial charge in [0.15, 0.2) is 0 Å². The fraction of sp³-hybridized carbons (Fsp3) is 0.438. The van der Waals surface area contributed by atoms with E-state index < -0.39 is 53.7 Å². The topological polar surface area (TPSA) is 134 Å². The van der Waals surface area contributed by atoms with Crippen LogP contribution in [0.2, 0.25) is 0 Å². The summed E-state index contributed by atoms with van der Waals surface area (Å²) in [6.45, 7) is 15.0. The van der Waals surface area contributed by atoms with Crippen LogP contribution >= 0.6 is 0 Å². The molecule has 2 aromatic rings. The van der Waals surface area contributed by atoms with E-state index in [-0.39, 0.29) is 24.3 Å². The zero-order valence-corrected chi connectivity index (χ0v) is 25.5. The van der Waals surface area contributed by atoms with Crippen molar-refractivity contribution in [3.05, 3.63) is 77.9 Å². The molecular formula is C32H43N3O7. The molecule has 2 rings (SSSR count). The molecule has 0 bridgehead atoms. The third kappa shape index (κ3) is 10.6. The van der Waals surface area contributed by atoms with Gasteiger partial charge in [0.1, 0.15) is 35.6 Å². The summed E-state index contributed by atoms with van der Waals surface area (Å²) in [5, 5.41) is 16.1. The van der Waals surface area contributed by atoms with Crippen LogP contribution in [0.4, 0.5) is 4.79 Å². The number of para-hydroxylation sites is 1. The molecule has 3 amide bonds. The molecule has 0 aliphatic carbocycles. The van der Waals surface area contributed by atoms with Crippen molar-refractivity contribution >= 4 is 23.9 Å². The summed E-state index contributed by atoms with van der Waals surface area (Å²) in [6.07, 6.45) is 0.749. The Bertz CT molecular complexity index is 1260. The summed E-state index contributed by atoms with van der Waals surface area (Å²) >= 11 is 0. The normalized spacial score (nSPS) is 12.8. The van der Waals surface area contributed by atoms with Crippen LogP contribution in [-0.4, -0.2) is 64.2 Å². The van der Waals surface area contributed by atoms with Gasteiger partial charge >= 0.3 is 12.1 Å². The third-order valence-electron chi connectivity index (χ3n) is 5.84. The van der Waals surface area contributed by atoms with Crippen LogP contribution < -0.4 is 10.6 Å². The molecule has 42 heavy (non-hydrogen) atoms. The molecule has 10 nitrogen and oxygen atoms in total. The van der Waals surface area contributed by atoms with Gasteiger partial charge in [-0.1, -0.05) is 54.6 Å². The van der Waals surface area contributed by atoms with Crippen molar-refractivity contribution in [2.45, 2.75) is 78.2 Å². The molecule has 10 heteroatoms. The lowest BCUT2D eigenvalue weighted by Crippen LogP contribution is -2.52. The lowest BCUT2D eigenvalue weighted by molar-refractivity contribution is -0.159. The highest BCUT2D eigenvalue weighted by atomic mass is 16.6. The lowest BCUT2D eigenvalue weighted by Gasteiger charge is -2.33. The number of aryl methyl sites for hydroxylation is 1. The van der Waals surface area contributed by atoms with Crippen LogP contribution in [0.25, 0.3) is 0 Å². The molecule has 2 unspecified atom stereocenters. The zero-order chi connectivity index (χ0) is 31.7. The molecule has 0 aliphatic rings. The molecule has 3 N–H and O–H groups in total. The second-order valence-corrected chi connectivity index (χ2v) is 11.9. The largest absolute Gasteiger partial charge is 0.507 e. The summed E-state index contributed by atoms with van der Waals surface area (Å²) in [5.74, 6) is -2.20. The highest BCUT2D eigenvalue weighted by Gasteiger charge is 2.36. The van der Waals surface area contributed by atoms with Gasteiger partial charge in [0.25, 0.3) is 0 Å². The maximum atomic E-state index is 14.1. The average molecular weight is 582 g/mol. The van der Waals surface area contributed by atoms with Gasteiger partial charge in [-0.25, -0.2) is 9.59 Å². The molecule has 2 atom stereocenters. The van der Waals surface area contributed by atoms with Crippen LogP contribution in [0.15, 0.2) is 61.2 Å². The number of amides is 3. The number of carbonyl (C=O) groups excluding carboxylic acids is 4. The zero-order valence-electron chi connectivity index (χ0n) is 25.5. The first-order chi connectivity index (χ1) is 19.5. The monoisotopic (exact) mass is 581 g/mol. The van der Waals surface area contributed by atoms with E-state index in [9.17, 15) is 24.3 Å². The summed E-state index contributed by atoms with van der Waals surface area (Å²) in [5.41, 5.74) is -0.189. The molecule has 2 aromatic carbocycles. The second kappa shape index (κ2) is 14.5. The minimum atomic E-state index is -1.38. The smallest absolute Gasteiger partial charge is 0.408 e. The highest BCUT2D eigenvalue weighted by molar-refractivity contribution is 5.93. The van der Waals surface area contributed by atoms with Crippen LogP contribution in [0, 0.1) is 6.92 Å². The number of alkyl carbamates (subject to hydrolysis) is 1. The van der Waals surface area contributed by atoms with E-state index in [2.05, 4.69) is 17.2 Å². The van der Waals surface area contributed by atoms with Gasteiger partial charge in [-0.3, -0.25) is 9.59 Å². The van der Waals surface area contributed by atoms with Crippen molar-refractivity contribution < 1.29 is 33.8 Å². The molecule has 0 aromatic heterocycles. The molecule has 0 saturated carbocycles. The minimum Gasteiger partial charge on any atom is -0.507 e. The van der Waals surface area contributed by atoms with Gasteiger partial charge in [0, 0.05) is 18.5 Å². The summed E-state index contributed by atoms with van der Waals surface area (Å²) in [4.78, 5) is 54.2. The van der Waals surface area contributed by atoms with Gasteiger partial charge < -0.3 is 30.1 Å². The Hall–Kier alpha value is -4.34. The molecule has 228 valence electrons. The molecule has 0 fully saturated rings. The first-order valence-electron chi connectivity index (χ1n) is 13.7. The number of ether oxygens (including phenoxy) is 2. The fourth-order valence-corrected chi connectivity index (χ4v) is 4.07. The first kappa shape index (κ1) is 33.9. The fourth-order valence-electron chi connectivity index (χ4n) is 4.07. The van der Waals surface area contributed by atoms with Crippen molar-refractivity contribution in [3.63, 3.8) is 0 Å². The van der Waals surface area contributed by atoms with Crippen molar-refractivity contribution in [1.29, 1.82) is 0 Å². The standard InChI is InChI=1S/C32H43N3O7/c1-9-18-35(25(36)20-33-30(40)42-32(6,7)8)26(23-17-13-14-21(2)27(23)37)28(38)34-24(29(39)41-31(3,4)5)19-22-15-11-10-12-16-22/h9-17,24,26,37H,1,18-20H2,2-8H3,(H,33,40)(H,34,38). The Morgan fingerprint density at radius 3 is 2.14 bits per heavy atom. The van der Waals surface area contributed by atoms with E-state index in [1.54, 1.807) is 60.6 Å². The number of phenolic OH excluding ortho intramolecular Hbond substituents is 1. The number of nitrogens with one attached hydrogen (secondary N) is 2. The summed E-state index contributed by atoms with van der Waals surface area (Å²) < 4.78 is 10.8. The van der Waals surface area contributed by atoms with Gasteiger partial charge in [-0.15, -0.1) is 6.58 Å². The average Bonchev–Trinajstić information content (AvgIpc) is 2.87. The van der Waals surface area contributed by atoms with Crippen molar-refractivity contribution in [2.24, 2.45) is 0 Å². The number of benzene rings is 2. The number of nitrogens with zero attached hydrogens (tertiary/aromatic N) is 1. The highest BCUT2D eigenvalue weighted by Crippen LogP contribution is 2.32. The molecule has 0 heterocycles. The van der Waals surface area contributed by atoms with E-state index in [0.29, 0.717) is 5.56 Å². The van der Waals surface area contributed by atoms with Gasteiger partial charge in [-0.05, 0) is 59.6 Å². The van der Waals surface area contributed by atoms with Crippen LogP contribution in [0.3, 0.4) is 0 Å². The minimum absolute atomic E-state index is 0.101. The number of esters is 1. The van der Waals surface area contributed by atoms with Crippen molar-refractivity contribution in [1.82, 2.24) is 15.5 Å². The Morgan fingerprint density at radius 1 is 0.952 bits per heavy atom. The number of rotatable bonds is 11. The Balaban J connectivity index is 2.49. The lowest BCUT2D eigenvalue weighted by atomic mass is 9.98. The molecule has 0 spiro atoms. The number of aromatic hydroxyl groups is 1. The number of phenols is 1. The SMILES string of the molecule is C=CCN(C(=O)CNC(=O)OC(C)(C)C)C(C(=O)NC(Cc1ccccc1)C(=O)OC(C)(C)C)c1cccc(C)c1O. The Morgan fingerprint density at radius 2 is 1.57 bits per heavy atom. The Kier molecular flexibility index (Phi) is 11.7. The van der Waals surface area contributed by atoms with Gasteiger partial charge in [0.05, 0.1) is 0 Å². The molecule has 0 saturated heterocycles. The van der Waals surface area contributed by atoms with Crippen LogP contribution in [0.5, 0.6) is 5.75 Å². The van der Waals surface area contributed by atoms with E-state index >= 15 is 0 Å². The second-order valence-electron chi connectivity index (χ2n) is 11.9. The van der Waals surface area contributed by atoms with Gasteiger partial charge in [0.2, 0.25) is 11.8 Å². The van der Waals surface area contributed by atoms with Crippen molar-refractivity contribution in [3.8, 4) is 5.75 Å². The van der Waals surface area contributed by atoms with E-state index in [4.69, 9.17) is 9.47 Å². The molecule has 0 aliphatic heterocycles. The summed E-state index contributed by atoms with van der Waals surface area (Å²) in [6, 6.07) is 11.5. The first-order valence-corrected chi connectivity index (χ1v) is 13.7. The Labute approximate surface area is 248 Å². The molecular weight excluding hydrogens is 538 g/mol. The maximum absolute atomic E-state index is 14.1.